The van der Waals surface area contributed by atoms with Crippen molar-refractivity contribution in [2.75, 3.05) is 6.61 Å². The SMILES string of the molecule is CCCCC1CCC(c2ccc(OCCC)cc2)C(C)C1. The molecule has 0 radical (unpaired) electrons. The van der Waals surface area contributed by atoms with Gasteiger partial charge in [-0.2, -0.15) is 0 Å². The Hall–Kier alpha value is -0.980. The molecule has 0 bridgehead atoms. The molecule has 1 fully saturated rings. The van der Waals surface area contributed by atoms with Gasteiger partial charge in [-0.3, -0.25) is 0 Å². The van der Waals surface area contributed by atoms with Crippen molar-refractivity contribution >= 4 is 0 Å². The molecule has 0 saturated heterocycles. The van der Waals surface area contributed by atoms with Gasteiger partial charge in [0.1, 0.15) is 5.75 Å². The van der Waals surface area contributed by atoms with Crippen LogP contribution in [0.2, 0.25) is 0 Å². The van der Waals surface area contributed by atoms with Crippen LogP contribution < -0.4 is 4.74 Å². The van der Waals surface area contributed by atoms with Crippen LogP contribution in [-0.4, -0.2) is 6.61 Å². The largest absolute Gasteiger partial charge is 0.494 e. The monoisotopic (exact) mass is 288 g/mol. The molecule has 118 valence electrons. The van der Waals surface area contributed by atoms with Crippen molar-refractivity contribution in [1.82, 2.24) is 0 Å². The normalized spacial score (nSPS) is 25.8. The zero-order valence-corrected chi connectivity index (χ0v) is 14.1. The average Bonchev–Trinajstić information content (AvgIpc) is 2.52. The lowest BCUT2D eigenvalue weighted by atomic mass is 9.71. The van der Waals surface area contributed by atoms with Crippen LogP contribution in [-0.2, 0) is 0 Å². The molecule has 1 saturated carbocycles. The molecule has 1 nitrogen and oxygen atoms in total. The number of rotatable bonds is 7. The second kappa shape index (κ2) is 8.46. The van der Waals surface area contributed by atoms with Crippen LogP contribution in [0.15, 0.2) is 24.3 Å². The quantitative estimate of drug-likeness (QED) is 0.581. The van der Waals surface area contributed by atoms with E-state index in [4.69, 9.17) is 4.74 Å². The summed E-state index contributed by atoms with van der Waals surface area (Å²) in [5.41, 5.74) is 1.51. The molecule has 1 aliphatic rings. The Labute approximate surface area is 131 Å². The lowest BCUT2D eigenvalue weighted by Gasteiger charge is -2.34. The van der Waals surface area contributed by atoms with Gasteiger partial charge in [0, 0.05) is 0 Å². The van der Waals surface area contributed by atoms with E-state index in [1.165, 1.54) is 44.1 Å². The third-order valence-corrected chi connectivity index (χ3v) is 5.02. The summed E-state index contributed by atoms with van der Waals surface area (Å²) in [4.78, 5) is 0. The van der Waals surface area contributed by atoms with E-state index >= 15 is 0 Å². The average molecular weight is 288 g/mol. The minimum absolute atomic E-state index is 0.753. The Morgan fingerprint density at radius 1 is 1.05 bits per heavy atom. The van der Waals surface area contributed by atoms with Crippen LogP contribution in [0.5, 0.6) is 5.75 Å². The van der Waals surface area contributed by atoms with Crippen molar-refractivity contribution in [2.45, 2.75) is 71.6 Å². The summed E-state index contributed by atoms with van der Waals surface area (Å²) in [5.74, 6) is 3.57. The summed E-state index contributed by atoms with van der Waals surface area (Å²) < 4.78 is 5.69. The van der Waals surface area contributed by atoms with Gasteiger partial charge in [0.2, 0.25) is 0 Å². The molecule has 3 unspecified atom stereocenters. The third kappa shape index (κ3) is 4.76. The standard InChI is InChI=1S/C20H32O/c1-4-6-7-17-8-13-20(16(3)15-17)18-9-11-19(12-10-18)21-14-5-2/h9-12,16-17,20H,4-8,13-15H2,1-3H3. The van der Waals surface area contributed by atoms with Crippen LogP contribution in [0.3, 0.4) is 0 Å². The van der Waals surface area contributed by atoms with Gasteiger partial charge in [0.15, 0.2) is 0 Å². The van der Waals surface area contributed by atoms with Gasteiger partial charge in [0.25, 0.3) is 0 Å². The Balaban J connectivity index is 1.90. The van der Waals surface area contributed by atoms with Crippen molar-refractivity contribution < 1.29 is 4.74 Å². The first-order chi connectivity index (χ1) is 10.2. The van der Waals surface area contributed by atoms with E-state index in [2.05, 4.69) is 45.0 Å². The Bertz CT molecular complexity index is 395. The topological polar surface area (TPSA) is 9.23 Å². The number of unbranched alkanes of at least 4 members (excludes halogenated alkanes) is 1. The molecule has 0 N–H and O–H groups in total. The highest BCUT2D eigenvalue weighted by Crippen LogP contribution is 2.42. The van der Waals surface area contributed by atoms with Gasteiger partial charge in [-0.1, -0.05) is 52.2 Å². The van der Waals surface area contributed by atoms with Crippen LogP contribution in [0.25, 0.3) is 0 Å². The molecule has 21 heavy (non-hydrogen) atoms. The zero-order chi connectivity index (χ0) is 15.1. The predicted octanol–water partition coefficient (Wildman–Crippen LogP) is 6.19. The summed E-state index contributed by atoms with van der Waals surface area (Å²) >= 11 is 0. The van der Waals surface area contributed by atoms with E-state index < -0.39 is 0 Å². The van der Waals surface area contributed by atoms with Crippen molar-refractivity contribution in [3.05, 3.63) is 29.8 Å². The molecule has 1 aliphatic carbocycles. The molecular formula is C20H32O. The van der Waals surface area contributed by atoms with Crippen LogP contribution in [0.1, 0.15) is 77.2 Å². The molecule has 0 aliphatic heterocycles. The lowest BCUT2D eigenvalue weighted by Crippen LogP contribution is -2.21. The Morgan fingerprint density at radius 3 is 2.43 bits per heavy atom. The van der Waals surface area contributed by atoms with Crippen LogP contribution >= 0.6 is 0 Å². The fourth-order valence-corrected chi connectivity index (χ4v) is 3.79. The van der Waals surface area contributed by atoms with Crippen molar-refractivity contribution in [3.63, 3.8) is 0 Å². The maximum Gasteiger partial charge on any atom is 0.119 e. The van der Waals surface area contributed by atoms with Crippen molar-refractivity contribution in [1.29, 1.82) is 0 Å². The number of hydrogen-bond donors (Lipinski definition) is 0. The molecule has 2 rings (SSSR count). The van der Waals surface area contributed by atoms with E-state index in [1.54, 1.807) is 0 Å². The van der Waals surface area contributed by atoms with E-state index in [0.717, 1.165) is 36.5 Å². The second-order valence-corrected chi connectivity index (χ2v) is 6.82. The van der Waals surface area contributed by atoms with Gasteiger partial charge < -0.3 is 4.74 Å². The second-order valence-electron chi connectivity index (χ2n) is 6.82. The minimum atomic E-state index is 0.753. The highest BCUT2D eigenvalue weighted by molar-refractivity contribution is 5.30. The van der Waals surface area contributed by atoms with E-state index in [9.17, 15) is 0 Å². The Morgan fingerprint density at radius 2 is 1.81 bits per heavy atom. The van der Waals surface area contributed by atoms with Crippen LogP contribution in [0.4, 0.5) is 0 Å². The number of ether oxygens (including phenoxy) is 1. The molecule has 0 aromatic heterocycles. The fourth-order valence-electron chi connectivity index (χ4n) is 3.79. The van der Waals surface area contributed by atoms with Gasteiger partial charge >= 0.3 is 0 Å². The molecule has 0 amide bonds. The molecule has 1 aromatic rings. The molecule has 1 aromatic carbocycles. The van der Waals surface area contributed by atoms with E-state index in [1.807, 2.05) is 0 Å². The summed E-state index contributed by atoms with van der Waals surface area (Å²) in [5, 5.41) is 0. The first-order valence-electron chi connectivity index (χ1n) is 8.97. The van der Waals surface area contributed by atoms with Gasteiger partial charge in [-0.25, -0.2) is 0 Å². The summed E-state index contributed by atoms with van der Waals surface area (Å²) in [7, 11) is 0. The maximum atomic E-state index is 5.69. The molecular weight excluding hydrogens is 256 g/mol. The fraction of sp³-hybridized carbons (Fsp3) is 0.700. The number of hydrogen-bond acceptors (Lipinski definition) is 1. The Kier molecular flexibility index (Phi) is 6.60. The van der Waals surface area contributed by atoms with Gasteiger partial charge in [-0.15, -0.1) is 0 Å². The molecule has 3 atom stereocenters. The minimum Gasteiger partial charge on any atom is -0.494 e. The lowest BCUT2D eigenvalue weighted by molar-refractivity contribution is 0.233. The first kappa shape index (κ1) is 16.4. The summed E-state index contributed by atoms with van der Waals surface area (Å²) in [6.45, 7) is 7.72. The maximum absolute atomic E-state index is 5.69. The zero-order valence-electron chi connectivity index (χ0n) is 14.1. The molecule has 0 heterocycles. The molecule has 0 spiro atoms. The van der Waals surface area contributed by atoms with Gasteiger partial charge in [-0.05, 0) is 61.1 Å². The summed E-state index contributed by atoms with van der Waals surface area (Å²) in [6.07, 6.45) is 9.46. The highest BCUT2D eigenvalue weighted by atomic mass is 16.5. The highest BCUT2D eigenvalue weighted by Gasteiger charge is 2.28. The first-order valence-corrected chi connectivity index (χ1v) is 8.97. The summed E-state index contributed by atoms with van der Waals surface area (Å²) in [6, 6.07) is 8.89. The third-order valence-electron chi connectivity index (χ3n) is 5.02. The number of benzene rings is 1. The molecule has 1 heteroatoms. The van der Waals surface area contributed by atoms with Crippen molar-refractivity contribution in [2.24, 2.45) is 11.8 Å². The van der Waals surface area contributed by atoms with Crippen LogP contribution in [0, 0.1) is 11.8 Å². The predicted molar refractivity (Wildman–Crippen MR) is 91.0 cm³/mol. The smallest absolute Gasteiger partial charge is 0.119 e. The van der Waals surface area contributed by atoms with Gasteiger partial charge in [0.05, 0.1) is 6.61 Å². The van der Waals surface area contributed by atoms with Crippen molar-refractivity contribution in [3.8, 4) is 5.75 Å². The van der Waals surface area contributed by atoms with E-state index in [0.29, 0.717) is 0 Å². The van der Waals surface area contributed by atoms with E-state index in [-0.39, 0.29) is 0 Å².